The molecule has 0 amide bonds. The summed E-state index contributed by atoms with van der Waals surface area (Å²) in [5.41, 5.74) is 8.11. The second-order valence-electron chi connectivity index (χ2n) is 8.86. The van der Waals surface area contributed by atoms with Crippen molar-refractivity contribution in [2.24, 2.45) is 26.1 Å². The van der Waals surface area contributed by atoms with Gasteiger partial charge in [0.15, 0.2) is 11.7 Å². The van der Waals surface area contributed by atoms with Gasteiger partial charge in [-0.2, -0.15) is 0 Å². The van der Waals surface area contributed by atoms with Gasteiger partial charge in [0.05, 0.1) is 11.2 Å². The van der Waals surface area contributed by atoms with Crippen LogP contribution in [-0.4, -0.2) is 47.0 Å². The first-order chi connectivity index (χ1) is 13.4. The molecule has 2 atom stereocenters. The maximum atomic E-state index is 11.7. The highest BCUT2D eigenvalue weighted by molar-refractivity contribution is 7.13. The normalized spacial score (nSPS) is 25.9. The lowest BCUT2D eigenvalue weighted by atomic mass is 9.82. The fraction of sp³-hybridized carbons (Fsp3) is 0.545. The minimum atomic E-state index is -0.266. The average molecular weight is 416 g/mol. The summed E-state index contributed by atoms with van der Waals surface area (Å²) in [5.74, 6) is 0.201. The third-order valence-electron chi connectivity index (χ3n) is 5.27. The van der Waals surface area contributed by atoms with Crippen LogP contribution in [0.2, 0.25) is 0 Å². The van der Waals surface area contributed by atoms with E-state index in [1.54, 1.807) is 0 Å². The Bertz CT molecular complexity index is 845. The lowest BCUT2D eigenvalue weighted by molar-refractivity contribution is -0.109. The van der Waals surface area contributed by atoms with E-state index in [0.29, 0.717) is 5.84 Å². The Morgan fingerprint density at radius 1 is 1.38 bits per heavy atom. The molecule has 2 aliphatic rings. The molecule has 0 spiro atoms. The van der Waals surface area contributed by atoms with Gasteiger partial charge in [-0.25, -0.2) is 9.98 Å². The zero-order valence-electron chi connectivity index (χ0n) is 18.5. The molecule has 0 bridgehead atoms. The van der Waals surface area contributed by atoms with E-state index in [1.807, 2.05) is 20.0 Å². The summed E-state index contributed by atoms with van der Waals surface area (Å²) >= 11 is 0. The van der Waals surface area contributed by atoms with Gasteiger partial charge < -0.3 is 5.73 Å². The van der Waals surface area contributed by atoms with Gasteiger partial charge in [0.1, 0.15) is 0 Å². The number of rotatable bonds is 6. The zero-order valence-corrected chi connectivity index (χ0v) is 19.6. The van der Waals surface area contributed by atoms with Crippen molar-refractivity contribution in [3.05, 3.63) is 35.6 Å². The summed E-state index contributed by atoms with van der Waals surface area (Å²) in [6, 6.07) is 0. The van der Waals surface area contributed by atoms with Crippen LogP contribution in [0.5, 0.6) is 0 Å². The van der Waals surface area contributed by atoms with E-state index in [1.165, 1.54) is 6.08 Å². The van der Waals surface area contributed by atoms with Crippen molar-refractivity contribution in [3.63, 3.8) is 0 Å². The molecule has 1 heterocycles. The van der Waals surface area contributed by atoms with E-state index in [-0.39, 0.29) is 22.6 Å². The number of dihydropyridines is 1. The van der Waals surface area contributed by atoms with Gasteiger partial charge in [0.25, 0.3) is 0 Å². The van der Waals surface area contributed by atoms with E-state index < -0.39 is 0 Å². The second-order valence-corrected chi connectivity index (χ2v) is 9.74. The standard InChI is InChI=1S/C22H34N5OP/c1-7-22(5)13-16(24-20-15(2)12-18(28)19(23)25-20)8-9-17(14-22)26-21(3,4)10-11-27(6)29/h8-9,12-13H,7,10-11,14,29H2,1-6H3,(H2,23,24,25). The van der Waals surface area contributed by atoms with Crippen molar-refractivity contribution in [1.82, 2.24) is 4.67 Å². The van der Waals surface area contributed by atoms with Crippen LogP contribution >= 0.6 is 9.39 Å². The van der Waals surface area contributed by atoms with Crippen molar-refractivity contribution < 1.29 is 4.79 Å². The van der Waals surface area contributed by atoms with Crippen molar-refractivity contribution in [2.75, 3.05) is 13.6 Å². The van der Waals surface area contributed by atoms with Gasteiger partial charge in [0, 0.05) is 12.3 Å². The number of hydrogen-bond donors (Lipinski definition) is 1. The molecule has 0 saturated carbocycles. The molecule has 0 fully saturated rings. The molecule has 2 N–H and O–H groups in total. The number of ketones is 1. The van der Waals surface area contributed by atoms with Crippen LogP contribution in [0, 0.1) is 5.41 Å². The summed E-state index contributed by atoms with van der Waals surface area (Å²) in [7, 11) is 4.75. The molecule has 158 valence electrons. The summed E-state index contributed by atoms with van der Waals surface area (Å²) in [4.78, 5) is 25.6. The molecular weight excluding hydrogens is 381 g/mol. The number of carbonyl (C=O) groups is 1. The summed E-state index contributed by atoms with van der Waals surface area (Å²) in [6.07, 6.45) is 10.5. The van der Waals surface area contributed by atoms with E-state index in [9.17, 15) is 4.79 Å². The van der Waals surface area contributed by atoms with Crippen molar-refractivity contribution in [1.29, 1.82) is 0 Å². The Labute approximate surface area is 177 Å². The minimum Gasteiger partial charge on any atom is -0.380 e. The Morgan fingerprint density at radius 2 is 2.07 bits per heavy atom. The largest absolute Gasteiger partial charge is 0.380 e. The Morgan fingerprint density at radius 3 is 2.69 bits per heavy atom. The quantitative estimate of drug-likeness (QED) is 0.669. The van der Waals surface area contributed by atoms with Crippen LogP contribution in [0.1, 0.15) is 53.9 Å². The maximum absolute atomic E-state index is 11.7. The van der Waals surface area contributed by atoms with Gasteiger partial charge in [-0.05, 0) is 76.3 Å². The highest BCUT2D eigenvalue weighted by atomic mass is 31.0. The molecule has 0 aromatic carbocycles. The van der Waals surface area contributed by atoms with Crippen molar-refractivity contribution >= 4 is 32.6 Å². The third-order valence-corrected chi connectivity index (χ3v) is 5.53. The SMILES string of the molecule is CCC1(C)C=C(N=C2N=C(N)C(=O)C=C2C)C=CC(=NC(C)(C)CCN(C)P)C1. The van der Waals surface area contributed by atoms with Gasteiger partial charge in [-0.1, -0.05) is 29.3 Å². The molecule has 0 aromatic rings. The molecular formula is C22H34N5OP. The number of hydrogen-bond acceptors (Lipinski definition) is 5. The first-order valence-electron chi connectivity index (χ1n) is 10.0. The molecule has 0 aromatic heterocycles. The molecule has 2 unspecified atom stereocenters. The van der Waals surface area contributed by atoms with Gasteiger partial charge in [-0.15, -0.1) is 0 Å². The predicted molar refractivity (Wildman–Crippen MR) is 127 cm³/mol. The monoisotopic (exact) mass is 415 g/mol. The molecule has 29 heavy (non-hydrogen) atoms. The Kier molecular flexibility index (Phi) is 7.47. The molecule has 1 aliphatic heterocycles. The fourth-order valence-electron chi connectivity index (χ4n) is 3.21. The lowest BCUT2D eigenvalue weighted by Gasteiger charge is -2.27. The number of amidine groups is 2. The molecule has 2 rings (SSSR count). The van der Waals surface area contributed by atoms with E-state index in [0.717, 1.165) is 42.8 Å². The fourth-order valence-corrected chi connectivity index (χ4v) is 3.34. The number of aliphatic imine (C=N–C) groups is 3. The Hall–Kier alpha value is -1.91. The Balaban J connectivity index is 2.36. The predicted octanol–water partition coefficient (Wildman–Crippen LogP) is 3.86. The van der Waals surface area contributed by atoms with E-state index >= 15 is 0 Å². The van der Waals surface area contributed by atoms with E-state index in [2.05, 4.69) is 58.9 Å². The zero-order chi connectivity index (χ0) is 21.8. The number of nitrogens with two attached hydrogens (primary N) is 1. The molecule has 6 nitrogen and oxygen atoms in total. The first-order valence-corrected chi connectivity index (χ1v) is 10.6. The summed E-state index contributed by atoms with van der Waals surface area (Å²) in [5, 5.41) is 0. The number of allylic oxidation sites excluding steroid dienone is 3. The van der Waals surface area contributed by atoms with Crippen LogP contribution in [0.3, 0.4) is 0 Å². The van der Waals surface area contributed by atoms with Gasteiger partial charge >= 0.3 is 0 Å². The van der Waals surface area contributed by atoms with Crippen LogP contribution in [0.25, 0.3) is 0 Å². The highest BCUT2D eigenvalue weighted by Crippen LogP contribution is 2.34. The lowest BCUT2D eigenvalue weighted by Crippen LogP contribution is -2.27. The smallest absolute Gasteiger partial charge is 0.220 e. The summed E-state index contributed by atoms with van der Waals surface area (Å²) in [6.45, 7) is 11.5. The molecule has 7 heteroatoms. The van der Waals surface area contributed by atoms with Gasteiger partial charge in [0.2, 0.25) is 5.78 Å². The van der Waals surface area contributed by atoms with Crippen LogP contribution in [0.15, 0.2) is 50.6 Å². The number of nitrogens with zero attached hydrogens (tertiary/aromatic N) is 4. The average Bonchev–Trinajstić information content (AvgIpc) is 2.77. The van der Waals surface area contributed by atoms with Gasteiger partial charge in [-0.3, -0.25) is 14.5 Å². The number of carbonyl (C=O) groups excluding carboxylic acids is 1. The molecule has 0 radical (unpaired) electrons. The topological polar surface area (TPSA) is 83.4 Å². The van der Waals surface area contributed by atoms with Crippen molar-refractivity contribution in [3.8, 4) is 0 Å². The highest BCUT2D eigenvalue weighted by Gasteiger charge is 2.26. The summed E-state index contributed by atoms with van der Waals surface area (Å²) < 4.78 is 2.10. The second kappa shape index (κ2) is 9.27. The van der Waals surface area contributed by atoms with Crippen LogP contribution < -0.4 is 5.73 Å². The first kappa shape index (κ1) is 23.4. The maximum Gasteiger partial charge on any atom is 0.220 e. The third kappa shape index (κ3) is 6.83. The van der Waals surface area contributed by atoms with Crippen LogP contribution in [-0.2, 0) is 4.79 Å². The molecule has 0 saturated heterocycles. The van der Waals surface area contributed by atoms with E-state index in [4.69, 9.17) is 15.7 Å². The molecule has 1 aliphatic carbocycles. The minimum absolute atomic E-state index is 0.0196. The van der Waals surface area contributed by atoms with Crippen LogP contribution in [0.4, 0.5) is 0 Å². The van der Waals surface area contributed by atoms with Crippen molar-refractivity contribution in [2.45, 2.75) is 59.4 Å².